The highest BCUT2D eigenvalue weighted by Crippen LogP contribution is 2.34. The highest BCUT2D eigenvalue weighted by Gasteiger charge is 2.36. The Hall–Kier alpha value is -3.92. The first-order chi connectivity index (χ1) is 16.5. The third-order valence-electron chi connectivity index (χ3n) is 5.47. The summed E-state index contributed by atoms with van der Waals surface area (Å²) in [6.45, 7) is 2.11. The van der Waals surface area contributed by atoms with Crippen molar-refractivity contribution in [3.05, 3.63) is 87.1 Å². The summed E-state index contributed by atoms with van der Waals surface area (Å²) in [6, 6.07) is 17.2. The molecule has 1 amide bonds. The van der Waals surface area contributed by atoms with E-state index in [-0.39, 0.29) is 11.6 Å². The van der Waals surface area contributed by atoms with Crippen molar-refractivity contribution in [2.24, 2.45) is 10.1 Å². The Morgan fingerprint density at radius 1 is 1.18 bits per heavy atom. The molecular formula is C24H21N5O4S. The van der Waals surface area contributed by atoms with Gasteiger partial charge < -0.3 is 4.42 Å². The summed E-state index contributed by atoms with van der Waals surface area (Å²) in [5, 5.41) is 22.2. The number of amidine groups is 1. The first-order valence-corrected chi connectivity index (χ1v) is 11.9. The second-order valence-electron chi connectivity index (χ2n) is 7.78. The molecule has 1 aromatic heterocycles. The molecule has 0 spiro atoms. The first-order valence-electron chi connectivity index (χ1n) is 10.9. The van der Waals surface area contributed by atoms with Gasteiger partial charge in [-0.25, -0.2) is 10.0 Å². The van der Waals surface area contributed by atoms with Crippen LogP contribution in [0, 0.1) is 10.1 Å². The quantitative estimate of drug-likeness (QED) is 0.331. The number of nitrogens with one attached hydrogen (secondary N) is 1. The number of benzene rings is 2. The van der Waals surface area contributed by atoms with Crippen LogP contribution in [-0.4, -0.2) is 26.8 Å². The minimum atomic E-state index is -0.690. The third-order valence-corrected chi connectivity index (χ3v) is 6.42. The van der Waals surface area contributed by atoms with Gasteiger partial charge in [-0.2, -0.15) is 0 Å². The van der Waals surface area contributed by atoms with Crippen LogP contribution in [0.25, 0.3) is 17.0 Å². The monoisotopic (exact) mass is 475 g/mol. The van der Waals surface area contributed by atoms with Crippen LogP contribution >= 0.6 is 11.8 Å². The molecule has 3 aromatic rings. The van der Waals surface area contributed by atoms with E-state index in [0.717, 1.165) is 18.6 Å². The third kappa shape index (κ3) is 4.08. The molecule has 3 heterocycles. The van der Waals surface area contributed by atoms with Crippen molar-refractivity contribution in [1.29, 1.82) is 0 Å². The lowest BCUT2D eigenvalue weighted by atomic mass is 10.1. The lowest BCUT2D eigenvalue weighted by Gasteiger charge is -2.32. The summed E-state index contributed by atoms with van der Waals surface area (Å²) < 4.78 is 6.10. The molecule has 172 valence electrons. The van der Waals surface area contributed by atoms with E-state index in [9.17, 15) is 14.9 Å². The average Bonchev–Trinajstić information content (AvgIpc) is 3.34. The van der Waals surface area contributed by atoms with E-state index in [1.165, 1.54) is 23.9 Å². The van der Waals surface area contributed by atoms with Gasteiger partial charge in [0, 0.05) is 28.7 Å². The van der Waals surface area contributed by atoms with E-state index >= 15 is 0 Å². The number of hydrogen-bond acceptors (Lipinski definition) is 8. The van der Waals surface area contributed by atoms with Crippen LogP contribution in [0.1, 0.15) is 31.7 Å². The SMILES string of the molecule is CCCCSC1=NN2C(=c3ccccc3=NC2c2ccc(-c3cccc([N+](=O)[O-])c3)o2)C(=O)N1. The van der Waals surface area contributed by atoms with Crippen LogP contribution in [0.2, 0.25) is 0 Å². The Morgan fingerprint density at radius 3 is 2.85 bits per heavy atom. The number of para-hydroxylation sites is 1. The number of nitrogens with zero attached hydrogens (tertiary/aromatic N) is 4. The summed E-state index contributed by atoms with van der Waals surface area (Å²) in [4.78, 5) is 28.7. The normalized spacial score (nSPS) is 16.8. The topological polar surface area (TPSA) is 113 Å². The second-order valence-corrected chi connectivity index (χ2v) is 8.87. The van der Waals surface area contributed by atoms with E-state index < -0.39 is 11.1 Å². The number of carbonyl (C=O) groups is 1. The van der Waals surface area contributed by atoms with E-state index in [0.29, 0.717) is 38.5 Å². The summed E-state index contributed by atoms with van der Waals surface area (Å²) >= 11 is 1.49. The Balaban J connectivity index is 1.57. The fourth-order valence-electron chi connectivity index (χ4n) is 3.81. The Labute approximate surface area is 199 Å². The fraction of sp³-hybridized carbons (Fsp3) is 0.208. The standard InChI is InChI=1S/C24H21N5O4S/c1-2-3-13-34-24-26-23(30)21-17-9-4-5-10-18(17)25-22(28(21)27-24)20-12-11-19(33-20)15-7-6-8-16(14-15)29(31)32/h4-12,14,22H,2-3,13H2,1H3,(H,26,27,30). The number of non-ortho nitro benzene ring substituents is 1. The zero-order chi connectivity index (χ0) is 23.7. The molecule has 0 saturated heterocycles. The molecule has 1 atom stereocenters. The summed E-state index contributed by atoms with van der Waals surface area (Å²) in [7, 11) is 0. The maximum atomic E-state index is 13.1. The van der Waals surface area contributed by atoms with Crippen molar-refractivity contribution in [1.82, 2.24) is 10.3 Å². The largest absolute Gasteiger partial charge is 0.457 e. The van der Waals surface area contributed by atoms with Crippen molar-refractivity contribution in [2.45, 2.75) is 25.9 Å². The first kappa shape index (κ1) is 21.9. The molecule has 1 N–H and O–H groups in total. The molecule has 9 nitrogen and oxygen atoms in total. The number of hydrogen-bond donors (Lipinski definition) is 1. The molecule has 2 aliphatic heterocycles. The molecular weight excluding hydrogens is 454 g/mol. The van der Waals surface area contributed by atoms with Crippen LogP contribution in [-0.2, 0) is 4.79 Å². The van der Waals surface area contributed by atoms with Gasteiger partial charge in [0.15, 0.2) is 10.9 Å². The molecule has 34 heavy (non-hydrogen) atoms. The van der Waals surface area contributed by atoms with Gasteiger partial charge in [-0.1, -0.05) is 55.4 Å². The van der Waals surface area contributed by atoms with Crippen molar-refractivity contribution in [3.63, 3.8) is 0 Å². The fourth-order valence-corrected chi connectivity index (χ4v) is 4.75. The smallest absolute Gasteiger partial charge is 0.276 e. The number of furan rings is 1. The van der Waals surface area contributed by atoms with Gasteiger partial charge in [0.2, 0.25) is 6.17 Å². The van der Waals surface area contributed by atoms with Crippen LogP contribution < -0.4 is 15.9 Å². The predicted octanol–water partition coefficient (Wildman–Crippen LogP) is 3.53. The summed E-state index contributed by atoms with van der Waals surface area (Å²) in [5.41, 5.74) is 0.966. The number of thioether (sulfide) groups is 1. The number of amides is 1. The van der Waals surface area contributed by atoms with E-state index in [1.54, 1.807) is 29.3 Å². The van der Waals surface area contributed by atoms with Gasteiger partial charge in [0.25, 0.3) is 11.6 Å². The number of fused-ring (bicyclic) bond motifs is 2. The lowest BCUT2D eigenvalue weighted by Crippen LogP contribution is -2.50. The van der Waals surface area contributed by atoms with Gasteiger partial charge in [-0.05, 0) is 24.6 Å². The van der Waals surface area contributed by atoms with E-state index in [1.807, 2.05) is 24.3 Å². The highest BCUT2D eigenvalue weighted by molar-refractivity contribution is 8.13. The van der Waals surface area contributed by atoms with Crippen LogP contribution in [0.3, 0.4) is 0 Å². The van der Waals surface area contributed by atoms with Gasteiger partial charge in [-0.15, -0.1) is 5.10 Å². The Kier molecular flexibility index (Phi) is 5.89. The average molecular weight is 476 g/mol. The summed E-state index contributed by atoms with van der Waals surface area (Å²) in [5.74, 6) is 1.54. The summed E-state index contributed by atoms with van der Waals surface area (Å²) in [6.07, 6.45) is 1.37. The van der Waals surface area contributed by atoms with E-state index in [4.69, 9.17) is 14.5 Å². The number of nitro benzene ring substituents is 1. The molecule has 0 aliphatic carbocycles. The van der Waals surface area contributed by atoms with Gasteiger partial charge in [0.1, 0.15) is 11.5 Å². The second kappa shape index (κ2) is 9.14. The minimum Gasteiger partial charge on any atom is -0.457 e. The van der Waals surface area contributed by atoms with Crippen LogP contribution in [0.15, 0.2) is 75.2 Å². The van der Waals surface area contributed by atoms with Crippen molar-refractivity contribution in [2.75, 3.05) is 5.75 Å². The molecule has 0 bridgehead atoms. The molecule has 1 unspecified atom stereocenters. The zero-order valence-corrected chi connectivity index (χ0v) is 19.1. The van der Waals surface area contributed by atoms with Gasteiger partial charge in [0.05, 0.1) is 10.3 Å². The van der Waals surface area contributed by atoms with Crippen molar-refractivity contribution < 1.29 is 14.1 Å². The maximum absolute atomic E-state index is 13.1. The number of carbonyl (C=O) groups excluding carboxylic acids is 1. The molecule has 2 aromatic carbocycles. The Bertz CT molecular complexity index is 1430. The molecule has 0 saturated carbocycles. The highest BCUT2D eigenvalue weighted by atomic mass is 32.2. The minimum absolute atomic E-state index is 0.0200. The number of unbranched alkanes of at least 4 members (excludes halogenated alkanes) is 1. The number of hydrazone groups is 1. The number of nitro groups is 1. The molecule has 0 radical (unpaired) electrons. The lowest BCUT2D eigenvalue weighted by molar-refractivity contribution is -0.384. The van der Waals surface area contributed by atoms with Gasteiger partial charge >= 0.3 is 0 Å². The zero-order valence-electron chi connectivity index (χ0n) is 18.3. The molecule has 5 rings (SSSR count). The van der Waals surface area contributed by atoms with E-state index in [2.05, 4.69) is 12.2 Å². The molecule has 10 heteroatoms. The van der Waals surface area contributed by atoms with Crippen LogP contribution in [0.5, 0.6) is 0 Å². The van der Waals surface area contributed by atoms with Crippen molar-refractivity contribution in [3.8, 4) is 11.3 Å². The van der Waals surface area contributed by atoms with Gasteiger partial charge in [-0.3, -0.25) is 20.2 Å². The maximum Gasteiger partial charge on any atom is 0.276 e. The predicted molar refractivity (Wildman–Crippen MR) is 129 cm³/mol. The number of rotatable bonds is 6. The molecule has 2 aliphatic rings. The van der Waals surface area contributed by atoms with Crippen molar-refractivity contribution >= 4 is 34.2 Å². The Morgan fingerprint density at radius 2 is 2.03 bits per heavy atom. The van der Waals surface area contributed by atoms with Crippen LogP contribution in [0.4, 0.5) is 5.69 Å². The molecule has 0 fully saturated rings.